The van der Waals surface area contributed by atoms with Crippen LogP contribution in [0.1, 0.15) is 18.9 Å². The molecule has 0 radical (unpaired) electrons. The van der Waals surface area contributed by atoms with Crippen molar-refractivity contribution in [3.8, 4) is 12.3 Å². The molecule has 0 aliphatic rings. The fourth-order valence-electron chi connectivity index (χ4n) is 1.53. The minimum absolute atomic E-state index is 0.0633. The van der Waals surface area contributed by atoms with E-state index in [1.54, 1.807) is 29.2 Å². The van der Waals surface area contributed by atoms with Crippen LogP contribution in [0.25, 0.3) is 6.08 Å². The van der Waals surface area contributed by atoms with Gasteiger partial charge in [0.2, 0.25) is 5.91 Å². The number of hydrogen-bond acceptors (Lipinski definition) is 2. The Hall–Kier alpha value is -2.21. The number of amides is 1. The molecule has 3 nitrogen and oxygen atoms in total. The minimum Gasteiger partial charge on any atom is -0.399 e. The molecule has 0 heterocycles. The summed E-state index contributed by atoms with van der Waals surface area (Å²) in [5.74, 6) is 2.43. The predicted octanol–water partition coefficient (Wildman–Crippen LogP) is 2.15. The van der Waals surface area contributed by atoms with Crippen LogP contribution >= 0.6 is 0 Å². The van der Waals surface area contributed by atoms with Crippen molar-refractivity contribution < 1.29 is 4.79 Å². The standard InChI is InChI=1S/C15H18N2O/c1-3-11-17(12-4-2)15(18)10-7-13-5-8-14(16)9-6-13/h1,5-10H,4,11-12,16H2,2H3/b10-7+. The van der Waals surface area contributed by atoms with Crippen LogP contribution in [0.5, 0.6) is 0 Å². The topological polar surface area (TPSA) is 46.3 Å². The molecule has 0 unspecified atom stereocenters. The first-order chi connectivity index (χ1) is 8.67. The van der Waals surface area contributed by atoms with Gasteiger partial charge in [-0.05, 0) is 30.2 Å². The van der Waals surface area contributed by atoms with Gasteiger partial charge in [-0.3, -0.25) is 4.79 Å². The van der Waals surface area contributed by atoms with Crippen molar-refractivity contribution in [1.82, 2.24) is 4.90 Å². The summed E-state index contributed by atoms with van der Waals surface area (Å²) >= 11 is 0. The molecule has 94 valence electrons. The molecule has 0 aliphatic heterocycles. The number of rotatable bonds is 5. The largest absolute Gasteiger partial charge is 0.399 e. The highest BCUT2D eigenvalue weighted by Gasteiger charge is 2.07. The lowest BCUT2D eigenvalue weighted by Gasteiger charge is -2.17. The number of anilines is 1. The van der Waals surface area contributed by atoms with Gasteiger partial charge in [0.1, 0.15) is 0 Å². The summed E-state index contributed by atoms with van der Waals surface area (Å²) < 4.78 is 0. The predicted molar refractivity (Wildman–Crippen MR) is 75.6 cm³/mol. The maximum atomic E-state index is 11.9. The lowest BCUT2D eigenvalue weighted by molar-refractivity contribution is -0.125. The first kappa shape index (κ1) is 13.9. The van der Waals surface area contributed by atoms with Gasteiger partial charge in [-0.1, -0.05) is 25.0 Å². The molecule has 0 aliphatic carbocycles. The van der Waals surface area contributed by atoms with E-state index in [9.17, 15) is 4.79 Å². The highest BCUT2D eigenvalue weighted by Crippen LogP contribution is 2.07. The molecule has 0 saturated carbocycles. The Bertz CT molecular complexity index is 454. The molecule has 0 aromatic heterocycles. The van der Waals surface area contributed by atoms with Crippen LogP contribution in [0.4, 0.5) is 5.69 Å². The van der Waals surface area contributed by atoms with Crippen LogP contribution in [0, 0.1) is 12.3 Å². The van der Waals surface area contributed by atoms with Gasteiger partial charge in [-0.25, -0.2) is 0 Å². The third-order valence-electron chi connectivity index (χ3n) is 2.44. The SMILES string of the molecule is C#CCN(CCC)C(=O)/C=C/c1ccc(N)cc1. The zero-order chi connectivity index (χ0) is 13.4. The van der Waals surface area contributed by atoms with Crippen LogP contribution in [0.15, 0.2) is 30.3 Å². The number of carbonyl (C=O) groups excluding carboxylic acids is 1. The van der Waals surface area contributed by atoms with Gasteiger partial charge in [-0.15, -0.1) is 6.42 Å². The van der Waals surface area contributed by atoms with Gasteiger partial charge in [0, 0.05) is 18.3 Å². The van der Waals surface area contributed by atoms with E-state index in [-0.39, 0.29) is 5.91 Å². The second kappa shape index (κ2) is 7.18. The summed E-state index contributed by atoms with van der Waals surface area (Å²) in [5.41, 5.74) is 7.23. The van der Waals surface area contributed by atoms with Crippen molar-refractivity contribution in [3.63, 3.8) is 0 Å². The Morgan fingerprint density at radius 2 is 2.11 bits per heavy atom. The molecule has 3 heteroatoms. The Morgan fingerprint density at radius 3 is 2.67 bits per heavy atom. The average Bonchev–Trinajstić information content (AvgIpc) is 2.37. The van der Waals surface area contributed by atoms with Gasteiger partial charge < -0.3 is 10.6 Å². The number of nitrogen functional groups attached to an aromatic ring is 1. The molecule has 0 bridgehead atoms. The molecule has 1 aromatic rings. The number of nitrogens with zero attached hydrogens (tertiary/aromatic N) is 1. The highest BCUT2D eigenvalue weighted by atomic mass is 16.2. The molecule has 0 saturated heterocycles. The lowest BCUT2D eigenvalue weighted by Crippen LogP contribution is -2.30. The molecule has 0 spiro atoms. The smallest absolute Gasteiger partial charge is 0.247 e. The van der Waals surface area contributed by atoms with E-state index in [1.807, 2.05) is 19.1 Å². The third kappa shape index (κ3) is 4.34. The number of carbonyl (C=O) groups is 1. The monoisotopic (exact) mass is 242 g/mol. The van der Waals surface area contributed by atoms with E-state index >= 15 is 0 Å². The minimum atomic E-state index is -0.0633. The Labute approximate surface area is 108 Å². The average molecular weight is 242 g/mol. The van der Waals surface area contributed by atoms with Gasteiger partial charge in [0.05, 0.1) is 6.54 Å². The zero-order valence-corrected chi connectivity index (χ0v) is 10.6. The van der Waals surface area contributed by atoms with Crippen molar-refractivity contribution in [2.24, 2.45) is 0 Å². The number of nitrogens with two attached hydrogens (primary N) is 1. The van der Waals surface area contributed by atoms with E-state index in [0.29, 0.717) is 18.8 Å². The maximum Gasteiger partial charge on any atom is 0.247 e. The van der Waals surface area contributed by atoms with Crippen LogP contribution in [-0.4, -0.2) is 23.9 Å². The van der Waals surface area contributed by atoms with E-state index in [1.165, 1.54) is 0 Å². The second-order valence-corrected chi connectivity index (χ2v) is 3.96. The zero-order valence-electron chi connectivity index (χ0n) is 10.6. The van der Waals surface area contributed by atoms with Gasteiger partial charge in [0.25, 0.3) is 0 Å². The molecular formula is C15H18N2O. The Morgan fingerprint density at radius 1 is 1.44 bits per heavy atom. The molecule has 2 N–H and O–H groups in total. The number of benzene rings is 1. The Kier molecular flexibility index (Phi) is 5.53. The second-order valence-electron chi connectivity index (χ2n) is 3.96. The van der Waals surface area contributed by atoms with E-state index in [0.717, 1.165) is 12.0 Å². The van der Waals surface area contributed by atoms with E-state index < -0.39 is 0 Å². The van der Waals surface area contributed by atoms with Gasteiger partial charge in [0.15, 0.2) is 0 Å². The van der Waals surface area contributed by atoms with Crippen molar-refractivity contribution in [2.45, 2.75) is 13.3 Å². The summed E-state index contributed by atoms with van der Waals surface area (Å²) in [5, 5.41) is 0. The molecular weight excluding hydrogens is 224 g/mol. The maximum absolute atomic E-state index is 11.9. The first-order valence-electron chi connectivity index (χ1n) is 5.93. The Balaban J connectivity index is 2.67. The quantitative estimate of drug-likeness (QED) is 0.488. The molecule has 1 aromatic carbocycles. The van der Waals surface area contributed by atoms with Gasteiger partial charge in [-0.2, -0.15) is 0 Å². The summed E-state index contributed by atoms with van der Waals surface area (Å²) in [7, 11) is 0. The summed E-state index contributed by atoms with van der Waals surface area (Å²) in [6.45, 7) is 3.04. The first-order valence-corrected chi connectivity index (χ1v) is 5.93. The molecule has 18 heavy (non-hydrogen) atoms. The molecule has 0 atom stereocenters. The fourth-order valence-corrected chi connectivity index (χ4v) is 1.53. The van der Waals surface area contributed by atoms with Crippen molar-refractivity contribution in [2.75, 3.05) is 18.8 Å². The van der Waals surface area contributed by atoms with Gasteiger partial charge >= 0.3 is 0 Å². The molecule has 1 amide bonds. The number of hydrogen-bond donors (Lipinski definition) is 1. The lowest BCUT2D eigenvalue weighted by atomic mass is 10.2. The highest BCUT2D eigenvalue weighted by molar-refractivity contribution is 5.92. The van der Waals surface area contributed by atoms with Crippen LogP contribution < -0.4 is 5.73 Å². The van der Waals surface area contributed by atoms with E-state index in [2.05, 4.69) is 5.92 Å². The van der Waals surface area contributed by atoms with Crippen molar-refractivity contribution in [1.29, 1.82) is 0 Å². The fraction of sp³-hybridized carbons (Fsp3) is 0.267. The summed E-state index contributed by atoms with van der Waals surface area (Å²) in [6.07, 6.45) is 9.44. The summed E-state index contributed by atoms with van der Waals surface area (Å²) in [4.78, 5) is 13.5. The van der Waals surface area contributed by atoms with Crippen molar-refractivity contribution in [3.05, 3.63) is 35.9 Å². The van der Waals surface area contributed by atoms with Crippen LogP contribution in [0.2, 0.25) is 0 Å². The number of terminal acetylenes is 1. The van der Waals surface area contributed by atoms with Crippen molar-refractivity contribution >= 4 is 17.7 Å². The van der Waals surface area contributed by atoms with E-state index in [4.69, 9.17) is 12.2 Å². The summed E-state index contributed by atoms with van der Waals surface area (Å²) in [6, 6.07) is 7.33. The molecule has 0 fully saturated rings. The third-order valence-corrected chi connectivity index (χ3v) is 2.44. The molecule has 1 rings (SSSR count). The van der Waals surface area contributed by atoms with Crippen LogP contribution in [-0.2, 0) is 4.79 Å². The normalized spacial score (nSPS) is 10.2. The van der Waals surface area contributed by atoms with Crippen LogP contribution in [0.3, 0.4) is 0 Å².